The van der Waals surface area contributed by atoms with Gasteiger partial charge >= 0.3 is 6.18 Å². The van der Waals surface area contributed by atoms with Gasteiger partial charge in [-0.15, -0.1) is 12.3 Å². The number of piperazine rings is 1. The number of hydrogen-bond donors (Lipinski definition) is 4. The van der Waals surface area contributed by atoms with E-state index in [1.165, 1.54) is 0 Å². The molecule has 3 aromatic rings. The lowest BCUT2D eigenvalue weighted by Gasteiger charge is -2.37. The van der Waals surface area contributed by atoms with E-state index in [4.69, 9.17) is 18.0 Å². The lowest BCUT2D eigenvalue weighted by molar-refractivity contribution is -0.140. The summed E-state index contributed by atoms with van der Waals surface area (Å²) in [4.78, 5) is 48.8. The third-order valence-electron chi connectivity index (χ3n) is 7.73. The first kappa shape index (κ1) is 31.1. The molecule has 2 aliphatic rings. The highest BCUT2D eigenvalue weighted by Gasteiger charge is 2.39. The number of carbonyl (C=O) groups excluding carboxylic acids is 3. The van der Waals surface area contributed by atoms with Crippen LogP contribution in [0.1, 0.15) is 50.8 Å². The number of amides is 3. The zero-order valence-electron chi connectivity index (χ0n) is 23.6. The summed E-state index contributed by atoms with van der Waals surface area (Å²) in [5.41, 5.74) is -0.580. The molecule has 2 aromatic heterocycles. The van der Waals surface area contributed by atoms with Crippen LogP contribution < -0.4 is 10.6 Å². The van der Waals surface area contributed by atoms with Crippen molar-refractivity contribution in [3.05, 3.63) is 57.8 Å². The van der Waals surface area contributed by atoms with Crippen LogP contribution in [-0.2, 0) is 23.9 Å². The average Bonchev–Trinajstić information content (AvgIpc) is 3.68. The predicted octanol–water partition coefficient (Wildman–Crippen LogP) is 2.86. The number of aromatic amines is 2. The number of piperidine rings is 1. The van der Waals surface area contributed by atoms with Crippen molar-refractivity contribution in [1.29, 1.82) is 0 Å². The van der Waals surface area contributed by atoms with Gasteiger partial charge in [0.1, 0.15) is 0 Å². The number of carbonyl (C=O) groups is 3. The minimum Gasteiger partial charge on any atom is -0.345 e. The summed E-state index contributed by atoms with van der Waals surface area (Å²) in [6, 6.07) is 4.79. The fourth-order valence-corrected chi connectivity index (χ4v) is 5.69. The molecule has 3 amide bonds. The van der Waals surface area contributed by atoms with Crippen LogP contribution in [0.4, 0.5) is 13.2 Å². The number of alkyl halides is 3. The van der Waals surface area contributed by atoms with Crippen LogP contribution in [0.15, 0.2) is 24.4 Å². The molecule has 1 aromatic carbocycles. The number of imidazole rings is 1. The number of benzene rings is 1. The highest BCUT2D eigenvalue weighted by atomic mass is 35.5. The molecule has 0 aliphatic carbocycles. The van der Waals surface area contributed by atoms with Crippen molar-refractivity contribution in [2.24, 2.45) is 5.92 Å². The maximum atomic E-state index is 13.5. The molecule has 2 fully saturated rings. The number of aromatic nitrogens is 4. The third-order valence-corrected chi connectivity index (χ3v) is 8.05. The Kier molecular flexibility index (Phi) is 9.26. The zero-order chi connectivity index (χ0) is 31.4. The Balaban J connectivity index is 1.17. The number of terminal acetylenes is 1. The molecule has 232 valence electrons. The van der Waals surface area contributed by atoms with Crippen molar-refractivity contribution in [3.63, 3.8) is 0 Å². The van der Waals surface area contributed by atoms with E-state index in [9.17, 15) is 27.6 Å². The summed E-state index contributed by atoms with van der Waals surface area (Å²) in [7, 11) is 0. The predicted molar refractivity (Wildman–Crippen MR) is 154 cm³/mol. The molecule has 0 bridgehead atoms. The molecule has 0 saturated carbocycles. The molecule has 5 rings (SSSR count). The second-order valence-electron chi connectivity index (χ2n) is 10.6. The highest BCUT2D eigenvalue weighted by Crippen LogP contribution is 2.37. The van der Waals surface area contributed by atoms with Gasteiger partial charge < -0.3 is 25.4 Å². The van der Waals surface area contributed by atoms with Gasteiger partial charge in [0, 0.05) is 38.6 Å². The lowest BCUT2D eigenvalue weighted by Crippen LogP contribution is -2.52. The van der Waals surface area contributed by atoms with Crippen molar-refractivity contribution < 1.29 is 27.6 Å². The molecular formula is C29H30ClF3N8O3. The molecule has 15 heteroatoms. The number of nitrogens with one attached hydrogen (secondary N) is 4. The summed E-state index contributed by atoms with van der Waals surface area (Å²) < 4.78 is 40.5. The van der Waals surface area contributed by atoms with Crippen LogP contribution in [0.5, 0.6) is 0 Å². The minimum atomic E-state index is -4.75. The first-order valence-electron chi connectivity index (χ1n) is 14.1. The van der Waals surface area contributed by atoms with Crippen molar-refractivity contribution in [2.45, 2.75) is 32.0 Å². The monoisotopic (exact) mass is 630 g/mol. The summed E-state index contributed by atoms with van der Waals surface area (Å²) >= 11 is 6.45. The molecule has 2 aliphatic heterocycles. The van der Waals surface area contributed by atoms with E-state index in [2.05, 4.69) is 36.7 Å². The molecule has 2 saturated heterocycles. The second kappa shape index (κ2) is 13.1. The largest absolute Gasteiger partial charge is 0.435 e. The summed E-state index contributed by atoms with van der Waals surface area (Å²) in [6.45, 7) is 3.43. The number of halogens is 4. The number of nitrogens with zero attached hydrogens (tertiary/aromatic N) is 4. The number of H-pyrrole nitrogens is 2. The Morgan fingerprint density at radius 2 is 1.82 bits per heavy atom. The summed E-state index contributed by atoms with van der Waals surface area (Å²) in [5, 5.41) is 11.7. The van der Waals surface area contributed by atoms with Crippen LogP contribution in [0.25, 0.3) is 11.3 Å². The topological polar surface area (TPSA) is 139 Å². The van der Waals surface area contributed by atoms with Crippen LogP contribution in [0.3, 0.4) is 0 Å². The number of hydrogen-bond acceptors (Lipinski definition) is 6. The smallest absolute Gasteiger partial charge is 0.345 e. The maximum Gasteiger partial charge on any atom is 0.435 e. The highest BCUT2D eigenvalue weighted by molar-refractivity contribution is 6.33. The molecule has 4 heterocycles. The van der Waals surface area contributed by atoms with E-state index in [1.54, 1.807) is 23.1 Å². The standard InChI is InChI=1S/C29H30ClF3N8O3/c1-2-3-21-23(24(39-38-21)29(31,32)33)22-16-35-25(37-22)26(42)36-15-17-4-5-19(20(30)14-17)28(44)41-12-10-40(11-13-41)27(43)18-6-8-34-9-7-18/h1,4-5,14,16,18,34H,3,6-13,15H2,(H,35,37)(H,36,42)(H,38,39). The quantitative estimate of drug-likeness (QED) is 0.296. The van der Waals surface area contributed by atoms with Crippen LogP contribution in [-0.4, -0.2) is 87.0 Å². The van der Waals surface area contributed by atoms with Gasteiger partial charge in [-0.3, -0.25) is 19.5 Å². The molecule has 0 radical (unpaired) electrons. The Labute approximate surface area is 255 Å². The van der Waals surface area contributed by atoms with Crippen LogP contribution >= 0.6 is 11.6 Å². The van der Waals surface area contributed by atoms with Crippen molar-refractivity contribution in [3.8, 4) is 23.6 Å². The second-order valence-corrected chi connectivity index (χ2v) is 11.0. The van der Waals surface area contributed by atoms with Gasteiger partial charge in [0.15, 0.2) is 11.5 Å². The minimum absolute atomic E-state index is 0.0163. The van der Waals surface area contributed by atoms with Gasteiger partial charge in [0.05, 0.1) is 40.2 Å². The van der Waals surface area contributed by atoms with Crippen molar-refractivity contribution in [1.82, 2.24) is 40.6 Å². The van der Waals surface area contributed by atoms with Crippen LogP contribution in [0.2, 0.25) is 5.02 Å². The lowest BCUT2D eigenvalue weighted by atomic mass is 9.96. The van der Waals surface area contributed by atoms with E-state index in [-0.39, 0.29) is 58.5 Å². The van der Waals surface area contributed by atoms with Gasteiger partial charge in [-0.05, 0) is 43.6 Å². The zero-order valence-corrected chi connectivity index (χ0v) is 24.3. The van der Waals surface area contributed by atoms with E-state index in [1.807, 2.05) is 4.90 Å². The summed E-state index contributed by atoms with van der Waals surface area (Å²) in [6.07, 6.45) is 3.15. The Hall–Kier alpha value is -4.35. The SMILES string of the molecule is C#CCc1[nH]nc(C(F)(F)F)c1-c1cnc(C(=O)NCc2ccc(C(=O)N3CCN(C(=O)C4CCNCC4)CC3)c(Cl)c2)[nH]1. The van der Waals surface area contributed by atoms with Gasteiger partial charge in [0.25, 0.3) is 11.8 Å². The molecule has 4 N–H and O–H groups in total. The maximum absolute atomic E-state index is 13.5. The van der Waals surface area contributed by atoms with Gasteiger partial charge in [-0.2, -0.15) is 18.3 Å². The molecule has 44 heavy (non-hydrogen) atoms. The van der Waals surface area contributed by atoms with Gasteiger partial charge in [-0.25, -0.2) is 4.98 Å². The van der Waals surface area contributed by atoms with Crippen LogP contribution in [0, 0.1) is 18.3 Å². The number of rotatable bonds is 7. The Morgan fingerprint density at radius 3 is 2.48 bits per heavy atom. The molecule has 0 unspecified atom stereocenters. The van der Waals surface area contributed by atoms with Gasteiger partial charge in [-0.1, -0.05) is 17.7 Å². The van der Waals surface area contributed by atoms with Gasteiger partial charge in [0.2, 0.25) is 5.91 Å². The molecule has 0 atom stereocenters. The Bertz CT molecular complexity index is 1580. The van der Waals surface area contributed by atoms with E-state index in [0.29, 0.717) is 37.3 Å². The first-order valence-corrected chi connectivity index (χ1v) is 14.4. The first-order chi connectivity index (χ1) is 21.1. The fourth-order valence-electron chi connectivity index (χ4n) is 5.40. The third kappa shape index (κ3) is 6.74. The van der Waals surface area contributed by atoms with E-state index < -0.39 is 17.8 Å². The van der Waals surface area contributed by atoms with E-state index in [0.717, 1.165) is 32.1 Å². The molecule has 0 spiro atoms. The normalized spacial score (nSPS) is 16.1. The fraction of sp³-hybridized carbons (Fsp3) is 0.414. The average molecular weight is 631 g/mol. The van der Waals surface area contributed by atoms with Crippen molar-refractivity contribution in [2.75, 3.05) is 39.3 Å². The molecular weight excluding hydrogens is 601 g/mol. The van der Waals surface area contributed by atoms with E-state index >= 15 is 0 Å². The Morgan fingerprint density at radius 1 is 1.11 bits per heavy atom. The molecule has 11 nitrogen and oxygen atoms in total. The summed E-state index contributed by atoms with van der Waals surface area (Å²) in [5.74, 6) is 1.33. The van der Waals surface area contributed by atoms with Crippen molar-refractivity contribution >= 4 is 29.3 Å².